The minimum atomic E-state index is -0.121. The number of hydrogen-bond donors (Lipinski definition) is 1. The third-order valence-corrected chi connectivity index (χ3v) is 3.83. The van der Waals surface area contributed by atoms with Gasteiger partial charge in [-0.1, -0.05) is 12.1 Å². The largest absolute Gasteiger partial charge is 0.393 e. The van der Waals surface area contributed by atoms with Crippen LogP contribution in [0.15, 0.2) is 24.3 Å². The Morgan fingerprint density at radius 3 is 2.79 bits per heavy atom. The highest BCUT2D eigenvalue weighted by Crippen LogP contribution is 2.31. The highest BCUT2D eigenvalue weighted by atomic mass is 35.5. The standard InChI is InChI=1S/C14H16ClN3O/c1-18(8-9-6-10(19)7-9)13-11-4-2-3-5-12(11)16-14(15)17-13/h2-5,9-10,19H,6-8H2,1H3. The zero-order valence-electron chi connectivity index (χ0n) is 10.8. The molecule has 0 radical (unpaired) electrons. The first-order chi connectivity index (χ1) is 9.13. The van der Waals surface area contributed by atoms with Gasteiger partial charge in [-0.15, -0.1) is 0 Å². The fourth-order valence-electron chi connectivity index (χ4n) is 2.65. The predicted molar refractivity (Wildman–Crippen MR) is 76.5 cm³/mol. The average Bonchev–Trinajstić information content (AvgIpc) is 2.35. The van der Waals surface area contributed by atoms with Crippen LogP contribution in [0, 0.1) is 5.92 Å². The van der Waals surface area contributed by atoms with E-state index < -0.39 is 0 Å². The van der Waals surface area contributed by atoms with Crippen LogP contribution in [0.2, 0.25) is 5.28 Å². The molecule has 100 valence electrons. The van der Waals surface area contributed by atoms with E-state index in [1.165, 1.54) is 0 Å². The molecule has 3 rings (SSSR count). The Morgan fingerprint density at radius 1 is 1.32 bits per heavy atom. The SMILES string of the molecule is CN(CC1CC(O)C1)c1nc(Cl)nc2ccccc12. The number of rotatable bonds is 3. The van der Waals surface area contributed by atoms with Crippen molar-refractivity contribution in [3.63, 3.8) is 0 Å². The molecular formula is C14H16ClN3O. The second-order valence-corrected chi connectivity index (χ2v) is 5.54. The minimum absolute atomic E-state index is 0.121. The summed E-state index contributed by atoms with van der Waals surface area (Å²) in [4.78, 5) is 10.7. The fraction of sp³-hybridized carbons (Fsp3) is 0.429. The van der Waals surface area contributed by atoms with Crippen LogP contribution in [0.1, 0.15) is 12.8 Å². The van der Waals surface area contributed by atoms with E-state index in [4.69, 9.17) is 11.6 Å². The van der Waals surface area contributed by atoms with Crippen LogP contribution < -0.4 is 4.90 Å². The van der Waals surface area contributed by atoms with Crippen molar-refractivity contribution in [2.45, 2.75) is 18.9 Å². The minimum Gasteiger partial charge on any atom is -0.393 e. The molecule has 1 aromatic carbocycles. The molecule has 1 saturated carbocycles. The number of halogens is 1. The lowest BCUT2D eigenvalue weighted by Gasteiger charge is -2.35. The van der Waals surface area contributed by atoms with E-state index in [1.54, 1.807) is 0 Å². The van der Waals surface area contributed by atoms with Gasteiger partial charge in [-0.05, 0) is 42.5 Å². The molecule has 0 bridgehead atoms. The lowest BCUT2D eigenvalue weighted by atomic mass is 9.82. The predicted octanol–water partition coefficient (Wildman–Crippen LogP) is 2.49. The first-order valence-corrected chi connectivity index (χ1v) is 6.83. The van der Waals surface area contributed by atoms with Crippen molar-refractivity contribution in [2.75, 3.05) is 18.5 Å². The number of benzene rings is 1. The van der Waals surface area contributed by atoms with E-state index in [0.29, 0.717) is 5.92 Å². The summed E-state index contributed by atoms with van der Waals surface area (Å²) in [5.74, 6) is 1.39. The second kappa shape index (κ2) is 4.94. The van der Waals surface area contributed by atoms with Crippen LogP contribution in [0.25, 0.3) is 10.9 Å². The first-order valence-electron chi connectivity index (χ1n) is 6.45. The summed E-state index contributed by atoms with van der Waals surface area (Å²) in [7, 11) is 2.01. The molecule has 4 nitrogen and oxygen atoms in total. The zero-order chi connectivity index (χ0) is 13.4. The van der Waals surface area contributed by atoms with Gasteiger partial charge in [0.25, 0.3) is 0 Å². The number of para-hydroxylation sites is 1. The number of nitrogens with zero attached hydrogens (tertiary/aromatic N) is 3. The van der Waals surface area contributed by atoms with Crippen LogP contribution in [0.3, 0.4) is 0 Å². The number of aliphatic hydroxyl groups is 1. The maximum atomic E-state index is 9.35. The van der Waals surface area contributed by atoms with Crippen LogP contribution in [-0.4, -0.2) is 34.8 Å². The van der Waals surface area contributed by atoms with E-state index >= 15 is 0 Å². The molecule has 1 heterocycles. The Morgan fingerprint density at radius 2 is 2.05 bits per heavy atom. The molecule has 5 heteroatoms. The van der Waals surface area contributed by atoms with E-state index in [9.17, 15) is 5.11 Å². The summed E-state index contributed by atoms with van der Waals surface area (Å²) >= 11 is 5.99. The summed E-state index contributed by atoms with van der Waals surface area (Å²) < 4.78 is 0. The van der Waals surface area contributed by atoms with Crippen molar-refractivity contribution in [3.8, 4) is 0 Å². The van der Waals surface area contributed by atoms with Crippen molar-refractivity contribution in [3.05, 3.63) is 29.5 Å². The molecule has 0 atom stereocenters. The average molecular weight is 278 g/mol. The molecule has 0 aliphatic heterocycles. The van der Waals surface area contributed by atoms with Gasteiger partial charge in [-0.2, -0.15) is 4.98 Å². The Bertz CT molecular complexity index is 598. The van der Waals surface area contributed by atoms with Gasteiger partial charge in [0, 0.05) is 19.0 Å². The molecule has 0 unspecified atom stereocenters. The Labute approximate surface area is 117 Å². The smallest absolute Gasteiger partial charge is 0.224 e. The lowest BCUT2D eigenvalue weighted by Crippen LogP contribution is -2.37. The van der Waals surface area contributed by atoms with Crippen LogP contribution >= 0.6 is 11.6 Å². The summed E-state index contributed by atoms with van der Waals surface area (Å²) in [6, 6.07) is 7.86. The number of anilines is 1. The number of fused-ring (bicyclic) bond motifs is 1. The lowest BCUT2D eigenvalue weighted by molar-refractivity contribution is 0.0464. The maximum absolute atomic E-state index is 9.35. The van der Waals surface area contributed by atoms with Crippen LogP contribution in [-0.2, 0) is 0 Å². The van der Waals surface area contributed by atoms with E-state index in [2.05, 4.69) is 14.9 Å². The highest BCUT2D eigenvalue weighted by molar-refractivity contribution is 6.28. The molecule has 19 heavy (non-hydrogen) atoms. The summed E-state index contributed by atoms with van der Waals surface area (Å²) in [5, 5.41) is 10.6. The molecule has 0 amide bonds. The molecule has 0 spiro atoms. The topological polar surface area (TPSA) is 49.2 Å². The zero-order valence-corrected chi connectivity index (χ0v) is 11.5. The molecule has 2 aromatic rings. The maximum Gasteiger partial charge on any atom is 0.224 e. The van der Waals surface area contributed by atoms with Gasteiger partial charge in [-0.3, -0.25) is 0 Å². The van der Waals surface area contributed by atoms with Gasteiger partial charge in [-0.25, -0.2) is 4.98 Å². The van der Waals surface area contributed by atoms with Crippen LogP contribution in [0.4, 0.5) is 5.82 Å². The quantitative estimate of drug-likeness (QED) is 0.876. The first kappa shape index (κ1) is 12.6. The van der Waals surface area contributed by atoms with E-state index in [-0.39, 0.29) is 11.4 Å². The molecule has 0 saturated heterocycles. The number of aromatic nitrogens is 2. The number of aliphatic hydroxyl groups excluding tert-OH is 1. The van der Waals surface area contributed by atoms with Gasteiger partial charge in [0.2, 0.25) is 5.28 Å². The summed E-state index contributed by atoms with van der Waals surface area (Å²) in [6.07, 6.45) is 1.63. The molecule has 1 aliphatic carbocycles. The van der Waals surface area contributed by atoms with E-state index in [1.807, 2.05) is 31.3 Å². The molecule has 1 fully saturated rings. The van der Waals surface area contributed by atoms with Crippen molar-refractivity contribution >= 4 is 28.3 Å². The fourth-order valence-corrected chi connectivity index (χ4v) is 2.82. The van der Waals surface area contributed by atoms with E-state index in [0.717, 1.165) is 36.1 Å². The molecule has 1 N–H and O–H groups in total. The van der Waals surface area contributed by atoms with Crippen molar-refractivity contribution in [1.82, 2.24) is 9.97 Å². The van der Waals surface area contributed by atoms with Gasteiger partial charge < -0.3 is 10.0 Å². The second-order valence-electron chi connectivity index (χ2n) is 5.21. The third-order valence-electron chi connectivity index (χ3n) is 3.66. The summed E-state index contributed by atoms with van der Waals surface area (Å²) in [6.45, 7) is 0.883. The normalized spacial score (nSPS) is 22.3. The number of hydrogen-bond acceptors (Lipinski definition) is 4. The van der Waals surface area contributed by atoms with Crippen LogP contribution in [0.5, 0.6) is 0 Å². The Kier molecular flexibility index (Phi) is 3.29. The third kappa shape index (κ3) is 2.51. The van der Waals surface area contributed by atoms with Gasteiger partial charge in [0.05, 0.1) is 11.6 Å². The molecule has 1 aromatic heterocycles. The van der Waals surface area contributed by atoms with Crippen molar-refractivity contribution in [1.29, 1.82) is 0 Å². The Hall–Kier alpha value is -1.39. The van der Waals surface area contributed by atoms with Crippen molar-refractivity contribution in [2.24, 2.45) is 5.92 Å². The molecule has 1 aliphatic rings. The monoisotopic (exact) mass is 277 g/mol. The highest BCUT2D eigenvalue weighted by Gasteiger charge is 2.28. The van der Waals surface area contributed by atoms with Gasteiger partial charge in [0.15, 0.2) is 0 Å². The van der Waals surface area contributed by atoms with Gasteiger partial charge >= 0.3 is 0 Å². The molecular weight excluding hydrogens is 262 g/mol. The van der Waals surface area contributed by atoms with Crippen molar-refractivity contribution < 1.29 is 5.11 Å². The Balaban J connectivity index is 1.90. The summed E-state index contributed by atoms with van der Waals surface area (Å²) in [5.41, 5.74) is 0.859. The van der Waals surface area contributed by atoms with Gasteiger partial charge in [0.1, 0.15) is 5.82 Å².